The first-order valence-corrected chi connectivity index (χ1v) is 6.30. The lowest BCUT2D eigenvalue weighted by molar-refractivity contribution is 0.0946. The van der Waals surface area contributed by atoms with Crippen molar-refractivity contribution in [3.8, 4) is 0 Å². The second-order valence-corrected chi connectivity index (χ2v) is 4.91. The highest BCUT2D eigenvalue weighted by atomic mass is 16.2. The zero-order valence-corrected chi connectivity index (χ0v) is 10.9. The predicted octanol–water partition coefficient (Wildman–Crippen LogP) is 0.947. The number of rotatable bonds is 6. The number of nitrogens with one attached hydrogen (secondary N) is 2. The highest BCUT2D eigenvalue weighted by Gasteiger charge is 2.24. The molecule has 1 fully saturated rings. The molecule has 18 heavy (non-hydrogen) atoms. The van der Waals surface area contributed by atoms with Gasteiger partial charge < -0.3 is 15.5 Å². The Morgan fingerprint density at radius 2 is 2.28 bits per heavy atom. The predicted molar refractivity (Wildman–Crippen MR) is 71.8 cm³/mol. The van der Waals surface area contributed by atoms with Crippen molar-refractivity contribution < 1.29 is 4.79 Å². The standard InChI is InChI=1S/C13H20N4O/c1-17(2)8-7-14-11-5-6-15-12(9-11)13(18)16-10-3-4-10/h5-6,9-10H,3-4,7-8H2,1-2H3,(H,14,15)(H,16,18). The second kappa shape index (κ2) is 5.82. The molecule has 2 N–H and O–H groups in total. The molecule has 0 aliphatic heterocycles. The van der Waals surface area contributed by atoms with Crippen molar-refractivity contribution in [3.63, 3.8) is 0 Å². The largest absolute Gasteiger partial charge is 0.384 e. The molecular formula is C13H20N4O. The highest BCUT2D eigenvalue weighted by molar-refractivity contribution is 5.93. The zero-order valence-electron chi connectivity index (χ0n) is 10.9. The van der Waals surface area contributed by atoms with E-state index in [9.17, 15) is 4.79 Å². The molecule has 0 radical (unpaired) electrons. The molecule has 0 unspecified atom stereocenters. The summed E-state index contributed by atoms with van der Waals surface area (Å²) in [4.78, 5) is 18.0. The third-order valence-electron chi connectivity index (χ3n) is 2.79. The summed E-state index contributed by atoms with van der Waals surface area (Å²) in [5, 5.41) is 6.21. The summed E-state index contributed by atoms with van der Waals surface area (Å²) in [7, 11) is 4.06. The van der Waals surface area contributed by atoms with Crippen LogP contribution in [0, 0.1) is 0 Å². The van der Waals surface area contributed by atoms with Gasteiger partial charge in [0.1, 0.15) is 5.69 Å². The Morgan fingerprint density at radius 1 is 1.50 bits per heavy atom. The lowest BCUT2D eigenvalue weighted by atomic mass is 10.3. The van der Waals surface area contributed by atoms with Gasteiger partial charge in [-0.25, -0.2) is 0 Å². The maximum atomic E-state index is 11.8. The van der Waals surface area contributed by atoms with Crippen molar-refractivity contribution in [2.24, 2.45) is 0 Å². The first kappa shape index (κ1) is 12.8. The first-order valence-electron chi connectivity index (χ1n) is 6.30. The fraction of sp³-hybridized carbons (Fsp3) is 0.538. The van der Waals surface area contributed by atoms with E-state index in [0.717, 1.165) is 31.6 Å². The molecule has 1 amide bonds. The average molecular weight is 248 g/mol. The van der Waals surface area contributed by atoms with E-state index in [4.69, 9.17) is 0 Å². The van der Waals surface area contributed by atoms with E-state index in [1.54, 1.807) is 12.3 Å². The molecule has 0 saturated heterocycles. The second-order valence-electron chi connectivity index (χ2n) is 4.91. The Hall–Kier alpha value is -1.62. The van der Waals surface area contributed by atoms with Gasteiger partial charge in [0.05, 0.1) is 0 Å². The van der Waals surface area contributed by atoms with Gasteiger partial charge in [-0.15, -0.1) is 0 Å². The van der Waals surface area contributed by atoms with Gasteiger partial charge in [0.15, 0.2) is 0 Å². The maximum Gasteiger partial charge on any atom is 0.270 e. The smallest absolute Gasteiger partial charge is 0.270 e. The van der Waals surface area contributed by atoms with E-state index in [2.05, 4.69) is 20.5 Å². The van der Waals surface area contributed by atoms with Gasteiger partial charge >= 0.3 is 0 Å². The zero-order chi connectivity index (χ0) is 13.0. The minimum absolute atomic E-state index is 0.0752. The lowest BCUT2D eigenvalue weighted by Crippen LogP contribution is -2.26. The van der Waals surface area contributed by atoms with Crippen LogP contribution < -0.4 is 10.6 Å². The molecule has 1 saturated carbocycles. The lowest BCUT2D eigenvalue weighted by Gasteiger charge is -2.11. The van der Waals surface area contributed by atoms with E-state index in [-0.39, 0.29) is 5.91 Å². The van der Waals surface area contributed by atoms with E-state index < -0.39 is 0 Å². The van der Waals surface area contributed by atoms with E-state index in [1.807, 2.05) is 20.2 Å². The molecule has 98 valence electrons. The summed E-state index contributed by atoms with van der Waals surface area (Å²) in [6, 6.07) is 4.04. The Balaban J connectivity index is 1.89. The summed E-state index contributed by atoms with van der Waals surface area (Å²) < 4.78 is 0. The SMILES string of the molecule is CN(C)CCNc1ccnc(C(=O)NC2CC2)c1. The number of anilines is 1. The van der Waals surface area contributed by atoms with Crippen molar-refractivity contribution >= 4 is 11.6 Å². The number of carbonyl (C=O) groups excluding carboxylic acids is 1. The normalized spacial score (nSPS) is 14.6. The number of hydrogen-bond donors (Lipinski definition) is 2. The third kappa shape index (κ3) is 4.00. The van der Waals surface area contributed by atoms with E-state index in [0.29, 0.717) is 11.7 Å². The molecule has 1 aromatic heterocycles. The monoisotopic (exact) mass is 248 g/mol. The number of carbonyl (C=O) groups is 1. The van der Waals surface area contributed by atoms with Crippen molar-refractivity contribution in [3.05, 3.63) is 24.0 Å². The average Bonchev–Trinajstić information content (AvgIpc) is 3.13. The molecule has 2 rings (SSSR count). The molecule has 1 heterocycles. The fourth-order valence-corrected chi connectivity index (χ4v) is 1.58. The van der Waals surface area contributed by atoms with Gasteiger partial charge in [-0.05, 0) is 39.1 Å². The van der Waals surface area contributed by atoms with Gasteiger partial charge in [0.2, 0.25) is 0 Å². The number of hydrogen-bond acceptors (Lipinski definition) is 4. The van der Waals surface area contributed by atoms with Crippen molar-refractivity contribution in [2.75, 3.05) is 32.5 Å². The minimum atomic E-state index is -0.0752. The first-order chi connectivity index (χ1) is 8.65. The van der Waals surface area contributed by atoms with Crippen LogP contribution in [0.4, 0.5) is 5.69 Å². The fourth-order valence-electron chi connectivity index (χ4n) is 1.58. The topological polar surface area (TPSA) is 57.3 Å². The van der Waals surface area contributed by atoms with Crippen LogP contribution in [-0.4, -0.2) is 49.0 Å². The summed E-state index contributed by atoms with van der Waals surface area (Å²) in [5.74, 6) is -0.0752. The Bertz CT molecular complexity index is 415. The number of likely N-dealkylation sites (N-methyl/N-ethyl adjacent to an activating group) is 1. The number of amides is 1. The van der Waals surface area contributed by atoms with E-state index in [1.165, 1.54) is 0 Å². The van der Waals surface area contributed by atoms with Crippen LogP contribution in [0.3, 0.4) is 0 Å². The van der Waals surface area contributed by atoms with Gasteiger partial charge in [-0.1, -0.05) is 0 Å². The number of pyridine rings is 1. The van der Waals surface area contributed by atoms with E-state index >= 15 is 0 Å². The van der Waals surface area contributed by atoms with Gasteiger partial charge in [-0.2, -0.15) is 0 Å². The Morgan fingerprint density at radius 3 is 2.94 bits per heavy atom. The summed E-state index contributed by atoms with van der Waals surface area (Å²) in [5.41, 5.74) is 1.42. The quantitative estimate of drug-likeness (QED) is 0.787. The third-order valence-corrected chi connectivity index (χ3v) is 2.79. The van der Waals surface area contributed by atoms with Crippen LogP contribution in [0.1, 0.15) is 23.3 Å². The Kier molecular flexibility index (Phi) is 4.15. The van der Waals surface area contributed by atoms with Crippen LogP contribution in [0.25, 0.3) is 0 Å². The van der Waals surface area contributed by atoms with Crippen molar-refractivity contribution in [2.45, 2.75) is 18.9 Å². The van der Waals surface area contributed by atoms with Crippen LogP contribution in [-0.2, 0) is 0 Å². The molecule has 1 aliphatic rings. The molecule has 0 bridgehead atoms. The van der Waals surface area contributed by atoms with Gasteiger partial charge in [-0.3, -0.25) is 9.78 Å². The Labute approximate surface area is 108 Å². The molecule has 5 heteroatoms. The van der Waals surface area contributed by atoms with Crippen LogP contribution >= 0.6 is 0 Å². The molecular weight excluding hydrogens is 228 g/mol. The highest BCUT2D eigenvalue weighted by Crippen LogP contribution is 2.19. The van der Waals surface area contributed by atoms with Crippen LogP contribution in [0.2, 0.25) is 0 Å². The summed E-state index contributed by atoms with van der Waals surface area (Å²) in [6.07, 6.45) is 3.85. The molecule has 1 aliphatic carbocycles. The van der Waals surface area contributed by atoms with Crippen LogP contribution in [0.5, 0.6) is 0 Å². The van der Waals surface area contributed by atoms with Crippen molar-refractivity contribution in [1.29, 1.82) is 0 Å². The maximum absolute atomic E-state index is 11.8. The molecule has 1 aromatic rings. The summed E-state index contributed by atoms with van der Waals surface area (Å²) >= 11 is 0. The molecule has 5 nitrogen and oxygen atoms in total. The number of aromatic nitrogens is 1. The summed E-state index contributed by atoms with van der Waals surface area (Å²) in [6.45, 7) is 1.80. The minimum Gasteiger partial charge on any atom is -0.384 e. The molecule has 0 spiro atoms. The number of nitrogens with zero attached hydrogens (tertiary/aromatic N) is 2. The van der Waals surface area contributed by atoms with Crippen molar-refractivity contribution in [1.82, 2.24) is 15.2 Å². The molecule has 0 atom stereocenters. The molecule has 0 aromatic carbocycles. The van der Waals surface area contributed by atoms with Gasteiger partial charge in [0.25, 0.3) is 5.91 Å². The van der Waals surface area contributed by atoms with Gasteiger partial charge in [0, 0.05) is 31.0 Å². The van der Waals surface area contributed by atoms with Crippen LogP contribution in [0.15, 0.2) is 18.3 Å².